The number of halogens is 2. The summed E-state index contributed by atoms with van der Waals surface area (Å²) in [6, 6.07) is 19.1. The summed E-state index contributed by atoms with van der Waals surface area (Å²) >= 11 is 6.18. The lowest BCUT2D eigenvalue weighted by molar-refractivity contribution is -2.00. The first kappa shape index (κ1) is 22.8. The quantitative estimate of drug-likeness (QED) is 0.397. The molecule has 2 aromatic carbocycles. The van der Waals surface area contributed by atoms with Gasteiger partial charge in [-0.2, -0.15) is 0 Å². The topological polar surface area (TPSA) is 142 Å². The molecule has 0 spiro atoms. The van der Waals surface area contributed by atoms with Crippen LogP contribution in [-0.2, 0) is 6.54 Å². The minimum Gasteiger partial charge on any atom is -0.497 e. The molecule has 0 unspecified atom stereocenters. The van der Waals surface area contributed by atoms with Gasteiger partial charge in [0.05, 0.1) is 24.8 Å². The van der Waals surface area contributed by atoms with Crippen LogP contribution in [0, 0.1) is 10.2 Å². The fraction of sp³-hybridized carbons (Fsp3) is 0.0952. The van der Waals surface area contributed by atoms with Gasteiger partial charge >= 0.3 is 0 Å². The first-order valence-electron chi connectivity index (χ1n) is 8.82. The van der Waals surface area contributed by atoms with Gasteiger partial charge in [0, 0.05) is 10.6 Å². The number of methoxy groups -OCH3 is 1. The van der Waals surface area contributed by atoms with Gasteiger partial charge in [-0.15, -0.1) is 10.2 Å². The number of furan rings is 1. The third-order valence-electron chi connectivity index (χ3n) is 4.13. The lowest BCUT2D eigenvalue weighted by Gasteiger charge is -2.17. The Morgan fingerprint density at radius 3 is 2.32 bits per heavy atom. The Labute approximate surface area is 184 Å². The second kappa shape index (κ2) is 9.97. The highest BCUT2D eigenvalue weighted by Crippen LogP contribution is 2.25. The summed E-state index contributed by atoms with van der Waals surface area (Å²) in [5.41, 5.74) is 1.72. The molecule has 0 saturated carbocycles. The number of benzene rings is 2. The molecule has 162 valence electrons. The van der Waals surface area contributed by atoms with Gasteiger partial charge in [-0.05, 0) is 54.6 Å². The number of nitrogens with one attached hydrogen (secondary N) is 1. The highest BCUT2D eigenvalue weighted by Gasteiger charge is 2.10. The van der Waals surface area contributed by atoms with Crippen LogP contribution in [0.3, 0.4) is 0 Å². The molecule has 0 aliphatic carbocycles. The molecule has 31 heavy (non-hydrogen) atoms. The molecule has 0 aliphatic heterocycles. The number of rotatable bonds is 4. The second-order valence-corrected chi connectivity index (χ2v) is 7.40. The predicted molar refractivity (Wildman–Crippen MR) is 99.7 cm³/mol. The van der Waals surface area contributed by atoms with Gasteiger partial charge in [-0.3, -0.25) is 0 Å². The van der Waals surface area contributed by atoms with Gasteiger partial charge < -0.3 is 13.6 Å². The number of hydrogen-bond acceptors (Lipinski definition) is 7. The largest absolute Gasteiger partial charge is 0.497 e. The maximum Gasteiger partial charge on any atom is 0.213 e. The van der Waals surface area contributed by atoms with E-state index in [2.05, 4.69) is 4.99 Å². The van der Waals surface area contributed by atoms with E-state index < -0.39 is 10.2 Å². The van der Waals surface area contributed by atoms with Crippen LogP contribution in [0.25, 0.3) is 22.3 Å². The average Bonchev–Trinajstić information content (AvgIpc) is 3.24. The zero-order valence-electron chi connectivity index (χ0n) is 16.2. The first-order chi connectivity index (χ1) is 14.7. The Bertz CT molecular complexity index is 1190. The van der Waals surface area contributed by atoms with E-state index in [1.807, 2.05) is 60.7 Å². The number of hydrogen-bond donors (Lipinski definition) is 1. The molecule has 0 atom stereocenters. The summed E-state index contributed by atoms with van der Waals surface area (Å²) in [5.74, 6) is 2.41. The monoisotopic (exact) mass is 465 g/mol. The summed E-state index contributed by atoms with van der Waals surface area (Å²) in [6.45, 7) is 0.570. The molecule has 0 amide bonds. The summed E-state index contributed by atoms with van der Waals surface area (Å²) in [7, 11) is -3.30. The smallest absolute Gasteiger partial charge is 0.213 e. The standard InChI is InChI=1S/C21H16ClNO3.ClHO4/c1-24-16-7-4-14(5-8-16)21-12-19(23-13-17-3-2-10-25-17)18-11-15(22)6-9-20(18)26-21;2-1(3,4)5/h2-12H,13H2,1H3;(H,2,3,4,5). The molecule has 10 heteroatoms. The van der Waals surface area contributed by atoms with Crippen molar-refractivity contribution in [3.63, 3.8) is 0 Å². The predicted octanol–water partition coefficient (Wildman–Crippen LogP) is -1.22. The minimum absolute atomic E-state index is 0.570. The Hall–Kier alpha value is -2.85. The SMILES string of the molecule is COc1ccc(-c2cc(=[NH+]Cc3ccco3)c3cc(Cl)ccc3o2)cc1.[O-][Cl+3]([O-])([O-])[O-]. The van der Waals surface area contributed by atoms with Crippen LogP contribution in [0.4, 0.5) is 0 Å². The summed E-state index contributed by atoms with van der Waals surface area (Å²) in [6.07, 6.45) is 1.66. The van der Waals surface area contributed by atoms with Crippen molar-refractivity contribution >= 4 is 22.6 Å². The van der Waals surface area contributed by atoms with E-state index >= 15 is 0 Å². The Kier molecular flexibility index (Phi) is 7.34. The van der Waals surface area contributed by atoms with Crippen molar-refractivity contribution in [1.29, 1.82) is 0 Å². The minimum atomic E-state index is -4.94. The number of ether oxygens (including phenoxy) is 1. The van der Waals surface area contributed by atoms with E-state index in [4.69, 9.17) is 43.8 Å². The van der Waals surface area contributed by atoms with E-state index in [9.17, 15) is 0 Å². The van der Waals surface area contributed by atoms with Gasteiger partial charge in [0.15, 0.2) is 12.3 Å². The third-order valence-corrected chi connectivity index (χ3v) is 4.37. The molecule has 0 fully saturated rings. The lowest BCUT2D eigenvalue weighted by Crippen LogP contribution is -2.75. The van der Waals surface area contributed by atoms with E-state index in [1.165, 1.54) is 0 Å². The molecule has 4 rings (SSSR count). The highest BCUT2D eigenvalue weighted by atomic mass is 35.7. The van der Waals surface area contributed by atoms with Crippen LogP contribution >= 0.6 is 11.6 Å². The first-order valence-corrected chi connectivity index (χ1v) is 10.4. The van der Waals surface area contributed by atoms with Gasteiger partial charge in [0.2, 0.25) is 5.36 Å². The molecular weight excluding hydrogens is 449 g/mol. The molecule has 8 nitrogen and oxygen atoms in total. The summed E-state index contributed by atoms with van der Waals surface area (Å²) in [5, 5.41) is 2.50. The molecule has 0 aliphatic rings. The lowest BCUT2D eigenvalue weighted by atomic mass is 10.1. The van der Waals surface area contributed by atoms with Crippen molar-refractivity contribution in [2.45, 2.75) is 6.54 Å². The van der Waals surface area contributed by atoms with Crippen LogP contribution in [0.15, 0.2) is 75.8 Å². The van der Waals surface area contributed by atoms with E-state index in [-0.39, 0.29) is 0 Å². The van der Waals surface area contributed by atoms with E-state index in [0.29, 0.717) is 11.6 Å². The van der Waals surface area contributed by atoms with E-state index in [0.717, 1.165) is 39.2 Å². The van der Waals surface area contributed by atoms with Gasteiger partial charge in [0.1, 0.15) is 17.1 Å². The van der Waals surface area contributed by atoms with Crippen molar-refractivity contribution in [1.82, 2.24) is 0 Å². The second-order valence-electron chi connectivity index (χ2n) is 6.20. The molecule has 0 bridgehead atoms. The van der Waals surface area contributed by atoms with Crippen molar-refractivity contribution in [2.75, 3.05) is 7.11 Å². The van der Waals surface area contributed by atoms with Gasteiger partial charge in [-0.1, -0.05) is 11.6 Å². The molecule has 2 aromatic heterocycles. The fourth-order valence-electron chi connectivity index (χ4n) is 2.80. The molecule has 2 heterocycles. The average molecular weight is 466 g/mol. The molecule has 0 radical (unpaired) electrons. The number of fused-ring (bicyclic) bond motifs is 1. The maximum absolute atomic E-state index is 8.49. The van der Waals surface area contributed by atoms with Crippen LogP contribution in [-0.4, -0.2) is 7.11 Å². The zero-order valence-corrected chi connectivity index (χ0v) is 17.7. The Morgan fingerprint density at radius 1 is 1.00 bits per heavy atom. The van der Waals surface area contributed by atoms with Gasteiger partial charge in [0.25, 0.3) is 0 Å². The van der Waals surface area contributed by atoms with Crippen molar-refractivity contribution in [3.8, 4) is 17.1 Å². The van der Waals surface area contributed by atoms with E-state index in [1.54, 1.807) is 13.4 Å². The summed E-state index contributed by atoms with van der Waals surface area (Å²) < 4.78 is 50.7. The Balaban J connectivity index is 0.000000491. The van der Waals surface area contributed by atoms with Gasteiger partial charge in [-0.25, -0.2) is 23.6 Å². The van der Waals surface area contributed by atoms with Crippen LogP contribution in [0.1, 0.15) is 5.76 Å². The molecule has 1 N–H and O–H groups in total. The molecule has 4 aromatic rings. The van der Waals surface area contributed by atoms with Crippen LogP contribution in [0.5, 0.6) is 5.75 Å². The highest BCUT2D eigenvalue weighted by molar-refractivity contribution is 6.31. The van der Waals surface area contributed by atoms with Crippen LogP contribution in [0.2, 0.25) is 5.02 Å². The fourth-order valence-corrected chi connectivity index (χ4v) is 2.97. The maximum atomic E-state index is 8.49. The summed E-state index contributed by atoms with van der Waals surface area (Å²) in [4.78, 5) is 3.41. The van der Waals surface area contributed by atoms with Crippen molar-refractivity contribution in [2.24, 2.45) is 0 Å². The normalized spacial score (nSPS) is 11.9. The molecule has 0 saturated heterocycles. The zero-order chi connectivity index (χ0) is 22.4. The third kappa shape index (κ3) is 6.83. The Morgan fingerprint density at radius 2 is 1.71 bits per heavy atom. The van der Waals surface area contributed by atoms with Crippen LogP contribution < -0.4 is 33.7 Å². The van der Waals surface area contributed by atoms with Crippen molar-refractivity contribution in [3.05, 3.63) is 83.1 Å². The van der Waals surface area contributed by atoms with Crippen molar-refractivity contribution < 1.29 is 47.4 Å². The molecular formula is C21H17Cl2NO7.